The topological polar surface area (TPSA) is 44.8 Å². The van der Waals surface area contributed by atoms with E-state index in [-0.39, 0.29) is 24.8 Å². The van der Waals surface area contributed by atoms with Crippen LogP contribution in [0.2, 0.25) is 0 Å². The SMILES string of the molecule is CCC(=O)Oc1cccc(OC)c1COc1cc(F)c(CC)cc1C. The number of halogens is 1. The largest absolute Gasteiger partial charge is 0.496 e. The van der Waals surface area contributed by atoms with E-state index >= 15 is 0 Å². The highest BCUT2D eigenvalue weighted by molar-refractivity contribution is 5.72. The van der Waals surface area contributed by atoms with E-state index in [0.29, 0.717) is 34.8 Å². The van der Waals surface area contributed by atoms with Crippen molar-refractivity contribution in [1.82, 2.24) is 0 Å². The Morgan fingerprint density at radius 1 is 1.12 bits per heavy atom. The Morgan fingerprint density at radius 3 is 2.48 bits per heavy atom. The third kappa shape index (κ3) is 4.50. The number of rotatable bonds is 7. The highest BCUT2D eigenvalue weighted by Crippen LogP contribution is 2.31. The van der Waals surface area contributed by atoms with Gasteiger partial charge in [0.1, 0.15) is 29.7 Å². The Labute approximate surface area is 147 Å². The lowest BCUT2D eigenvalue weighted by molar-refractivity contribution is -0.134. The number of hydrogen-bond acceptors (Lipinski definition) is 4. The standard InChI is InChI=1S/C20H23FO4/c1-5-14-10-13(3)19(11-16(14)21)24-12-15-17(23-4)8-7-9-18(15)25-20(22)6-2/h7-11H,5-6,12H2,1-4H3. The lowest BCUT2D eigenvalue weighted by Crippen LogP contribution is -2.10. The first-order chi connectivity index (χ1) is 12.0. The average molecular weight is 346 g/mol. The van der Waals surface area contributed by atoms with Crippen molar-refractivity contribution in [3.63, 3.8) is 0 Å². The molecule has 4 nitrogen and oxygen atoms in total. The molecule has 0 N–H and O–H groups in total. The predicted octanol–water partition coefficient (Wildman–Crippen LogP) is 4.60. The quantitative estimate of drug-likeness (QED) is 0.543. The second kappa shape index (κ2) is 8.51. The summed E-state index contributed by atoms with van der Waals surface area (Å²) < 4.78 is 30.5. The molecule has 0 bridgehead atoms. The highest BCUT2D eigenvalue weighted by atomic mass is 19.1. The molecule has 5 heteroatoms. The first kappa shape index (κ1) is 18.8. The van der Waals surface area contributed by atoms with Gasteiger partial charge in [0.2, 0.25) is 0 Å². The minimum atomic E-state index is -0.343. The highest BCUT2D eigenvalue weighted by Gasteiger charge is 2.15. The molecule has 0 unspecified atom stereocenters. The Morgan fingerprint density at radius 2 is 1.84 bits per heavy atom. The van der Waals surface area contributed by atoms with Crippen LogP contribution in [0.3, 0.4) is 0 Å². The van der Waals surface area contributed by atoms with Crippen LogP contribution in [0, 0.1) is 12.7 Å². The maximum absolute atomic E-state index is 14.0. The van der Waals surface area contributed by atoms with E-state index in [1.807, 2.05) is 13.8 Å². The molecule has 0 aliphatic rings. The van der Waals surface area contributed by atoms with Crippen molar-refractivity contribution < 1.29 is 23.4 Å². The Hall–Kier alpha value is -2.56. The number of aryl methyl sites for hydroxylation is 2. The zero-order valence-electron chi connectivity index (χ0n) is 15.0. The van der Waals surface area contributed by atoms with Gasteiger partial charge in [0, 0.05) is 12.5 Å². The van der Waals surface area contributed by atoms with Crippen LogP contribution in [0.25, 0.3) is 0 Å². The van der Waals surface area contributed by atoms with Gasteiger partial charge >= 0.3 is 5.97 Å². The van der Waals surface area contributed by atoms with Gasteiger partial charge in [-0.1, -0.05) is 19.9 Å². The predicted molar refractivity (Wildman–Crippen MR) is 93.8 cm³/mol. The number of carbonyl (C=O) groups excluding carboxylic acids is 1. The van der Waals surface area contributed by atoms with Crippen LogP contribution in [0.4, 0.5) is 4.39 Å². The van der Waals surface area contributed by atoms with Gasteiger partial charge in [-0.2, -0.15) is 0 Å². The summed E-state index contributed by atoms with van der Waals surface area (Å²) in [6, 6.07) is 8.35. The van der Waals surface area contributed by atoms with Crippen LogP contribution in [0.15, 0.2) is 30.3 Å². The van der Waals surface area contributed by atoms with Gasteiger partial charge in [0.25, 0.3) is 0 Å². The molecule has 0 radical (unpaired) electrons. The summed E-state index contributed by atoms with van der Waals surface area (Å²) in [6.45, 7) is 5.60. The van der Waals surface area contributed by atoms with Crippen molar-refractivity contribution in [2.45, 2.75) is 40.2 Å². The summed E-state index contributed by atoms with van der Waals surface area (Å²) in [7, 11) is 1.53. The molecule has 0 saturated carbocycles. The normalized spacial score (nSPS) is 10.4. The molecule has 0 saturated heterocycles. The molecule has 0 aliphatic carbocycles. The molecule has 2 aromatic carbocycles. The van der Waals surface area contributed by atoms with Crippen molar-refractivity contribution in [2.24, 2.45) is 0 Å². The first-order valence-electron chi connectivity index (χ1n) is 8.28. The molecule has 0 heterocycles. The van der Waals surface area contributed by atoms with Crippen LogP contribution in [-0.2, 0) is 17.8 Å². The van der Waals surface area contributed by atoms with Crippen molar-refractivity contribution in [1.29, 1.82) is 0 Å². The fourth-order valence-corrected chi connectivity index (χ4v) is 2.47. The average Bonchev–Trinajstić information content (AvgIpc) is 2.62. The fourth-order valence-electron chi connectivity index (χ4n) is 2.47. The van der Waals surface area contributed by atoms with Gasteiger partial charge in [0.15, 0.2) is 0 Å². The summed E-state index contributed by atoms with van der Waals surface area (Å²) in [5.74, 6) is 0.748. The monoisotopic (exact) mass is 346 g/mol. The van der Waals surface area contributed by atoms with E-state index in [2.05, 4.69) is 0 Å². The molecule has 0 aromatic heterocycles. The van der Waals surface area contributed by atoms with E-state index in [4.69, 9.17) is 14.2 Å². The van der Waals surface area contributed by atoms with E-state index in [1.165, 1.54) is 13.2 Å². The fraction of sp³-hybridized carbons (Fsp3) is 0.350. The maximum Gasteiger partial charge on any atom is 0.310 e. The number of esters is 1. The van der Waals surface area contributed by atoms with E-state index < -0.39 is 0 Å². The smallest absolute Gasteiger partial charge is 0.310 e. The molecule has 2 aromatic rings. The zero-order chi connectivity index (χ0) is 18.4. The number of benzene rings is 2. The lowest BCUT2D eigenvalue weighted by Gasteiger charge is -2.16. The molecule has 0 atom stereocenters. The molecule has 2 rings (SSSR count). The number of hydrogen-bond donors (Lipinski definition) is 0. The van der Waals surface area contributed by atoms with E-state index in [9.17, 15) is 9.18 Å². The number of ether oxygens (including phenoxy) is 3. The van der Waals surface area contributed by atoms with Gasteiger partial charge in [-0.3, -0.25) is 4.79 Å². The van der Waals surface area contributed by atoms with Gasteiger partial charge in [-0.05, 0) is 42.7 Å². The van der Waals surface area contributed by atoms with Crippen molar-refractivity contribution in [2.75, 3.05) is 7.11 Å². The van der Waals surface area contributed by atoms with Crippen LogP contribution < -0.4 is 14.2 Å². The molecular formula is C20H23FO4. The third-order valence-corrected chi connectivity index (χ3v) is 3.92. The second-order valence-corrected chi connectivity index (χ2v) is 5.62. The summed E-state index contributed by atoms with van der Waals surface area (Å²) >= 11 is 0. The molecule has 25 heavy (non-hydrogen) atoms. The second-order valence-electron chi connectivity index (χ2n) is 5.62. The third-order valence-electron chi connectivity index (χ3n) is 3.92. The molecule has 0 spiro atoms. The lowest BCUT2D eigenvalue weighted by atomic mass is 10.1. The molecular weight excluding hydrogens is 323 g/mol. The number of methoxy groups -OCH3 is 1. The number of carbonyl (C=O) groups is 1. The van der Waals surface area contributed by atoms with Gasteiger partial charge in [-0.25, -0.2) is 4.39 Å². The minimum absolute atomic E-state index is 0.0993. The molecule has 0 aliphatic heterocycles. The van der Waals surface area contributed by atoms with Crippen LogP contribution in [0.1, 0.15) is 37.0 Å². The summed E-state index contributed by atoms with van der Waals surface area (Å²) in [4.78, 5) is 11.6. The summed E-state index contributed by atoms with van der Waals surface area (Å²) in [5, 5.41) is 0. The van der Waals surface area contributed by atoms with Crippen LogP contribution in [0.5, 0.6) is 17.2 Å². The molecule has 0 amide bonds. The Bertz CT molecular complexity index is 756. The van der Waals surface area contributed by atoms with Crippen LogP contribution in [-0.4, -0.2) is 13.1 Å². The van der Waals surface area contributed by atoms with Crippen LogP contribution >= 0.6 is 0 Å². The Balaban J connectivity index is 2.28. The molecule has 134 valence electrons. The zero-order valence-corrected chi connectivity index (χ0v) is 15.0. The Kier molecular flexibility index (Phi) is 6.39. The van der Waals surface area contributed by atoms with Gasteiger partial charge in [-0.15, -0.1) is 0 Å². The van der Waals surface area contributed by atoms with E-state index in [1.54, 1.807) is 31.2 Å². The van der Waals surface area contributed by atoms with Gasteiger partial charge < -0.3 is 14.2 Å². The van der Waals surface area contributed by atoms with Gasteiger partial charge in [0.05, 0.1) is 12.7 Å². The summed E-state index contributed by atoms with van der Waals surface area (Å²) in [6.07, 6.45) is 0.886. The van der Waals surface area contributed by atoms with Crippen molar-refractivity contribution >= 4 is 5.97 Å². The molecule has 0 fully saturated rings. The van der Waals surface area contributed by atoms with Crippen molar-refractivity contribution in [3.05, 3.63) is 52.8 Å². The maximum atomic E-state index is 14.0. The first-order valence-corrected chi connectivity index (χ1v) is 8.28. The minimum Gasteiger partial charge on any atom is -0.496 e. The summed E-state index contributed by atoms with van der Waals surface area (Å²) in [5.41, 5.74) is 2.10. The van der Waals surface area contributed by atoms with Crippen molar-refractivity contribution in [3.8, 4) is 17.2 Å². The van der Waals surface area contributed by atoms with E-state index in [0.717, 1.165) is 5.56 Å².